The molecule has 0 spiro atoms. The van der Waals surface area contributed by atoms with Gasteiger partial charge in [-0.2, -0.15) is 0 Å². The Labute approximate surface area is 321 Å². The van der Waals surface area contributed by atoms with Crippen molar-refractivity contribution in [3.8, 4) is 78.5 Å². The Kier molecular flexibility index (Phi) is 7.81. The molecule has 0 amide bonds. The van der Waals surface area contributed by atoms with Crippen molar-refractivity contribution in [3.05, 3.63) is 199 Å². The van der Waals surface area contributed by atoms with Crippen molar-refractivity contribution >= 4 is 10.8 Å². The van der Waals surface area contributed by atoms with Crippen LogP contribution in [0.25, 0.3) is 89.3 Å². The van der Waals surface area contributed by atoms with Crippen LogP contribution in [-0.4, -0.2) is 15.0 Å². The standard InChI is InChI=1S/C52H37N3/c1-52(2)45-16-10-15-42(49(45)44-31-30-36-11-6-7-14-43(36)50(44)52)37-22-18-34(19-23-37)35-20-24-39(25-21-35)47-33-48(55-51(54-47)41-12-4-3-5-13-41)40-28-26-38(27-29-40)46-17-8-9-32-53-46/h3-33H,1-2H3. The Morgan fingerprint density at radius 3 is 1.64 bits per heavy atom. The summed E-state index contributed by atoms with van der Waals surface area (Å²) in [6.45, 7) is 4.74. The second kappa shape index (κ2) is 13.2. The van der Waals surface area contributed by atoms with Crippen LogP contribution >= 0.6 is 0 Å². The predicted octanol–water partition coefficient (Wildman–Crippen LogP) is 13.3. The van der Waals surface area contributed by atoms with Crippen molar-refractivity contribution in [1.29, 1.82) is 0 Å². The Morgan fingerprint density at radius 2 is 0.982 bits per heavy atom. The fraction of sp³-hybridized carbons (Fsp3) is 0.0577. The van der Waals surface area contributed by atoms with Crippen molar-refractivity contribution in [2.45, 2.75) is 19.3 Å². The van der Waals surface area contributed by atoms with E-state index in [2.05, 4.69) is 164 Å². The van der Waals surface area contributed by atoms with E-state index in [-0.39, 0.29) is 5.41 Å². The average Bonchev–Trinajstić information content (AvgIpc) is 3.50. The number of hydrogen-bond donors (Lipinski definition) is 0. The van der Waals surface area contributed by atoms with Gasteiger partial charge in [0.25, 0.3) is 0 Å². The maximum absolute atomic E-state index is 5.06. The van der Waals surface area contributed by atoms with Gasteiger partial charge < -0.3 is 0 Å². The summed E-state index contributed by atoms with van der Waals surface area (Å²) in [6.07, 6.45) is 1.82. The van der Waals surface area contributed by atoms with Gasteiger partial charge in [0.1, 0.15) is 0 Å². The number of aromatic nitrogens is 3. The van der Waals surface area contributed by atoms with E-state index >= 15 is 0 Å². The maximum atomic E-state index is 5.06. The first-order valence-corrected chi connectivity index (χ1v) is 18.8. The van der Waals surface area contributed by atoms with E-state index in [1.54, 1.807) is 0 Å². The molecule has 0 N–H and O–H groups in total. The first-order chi connectivity index (χ1) is 27.0. The SMILES string of the molecule is CC1(C)c2cccc(-c3ccc(-c4ccc(-c5cc(-c6ccc(-c7ccccn7)cc6)nc(-c6ccccc6)n5)cc4)cc3)c2-c2ccc3ccccc3c21. The molecule has 2 aromatic heterocycles. The molecule has 0 saturated carbocycles. The third-order valence-electron chi connectivity index (χ3n) is 11.2. The van der Waals surface area contributed by atoms with Crippen molar-refractivity contribution in [2.24, 2.45) is 0 Å². The molecule has 3 heteroatoms. The van der Waals surface area contributed by atoms with Crippen LogP contribution in [0.2, 0.25) is 0 Å². The van der Waals surface area contributed by atoms with E-state index in [0.717, 1.165) is 44.9 Å². The van der Waals surface area contributed by atoms with Gasteiger partial charge in [0.2, 0.25) is 0 Å². The molecule has 2 heterocycles. The molecule has 0 aliphatic heterocycles. The molecular formula is C52H37N3. The Morgan fingerprint density at radius 1 is 0.400 bits per heavy atom. The lowest BCUT2D eigenvalue weighted by Gasteiger charge is -2.23. The van der Waals surface area contributed by atoms with E-state index in [4.69, 9.17) is 9.97 Å². The normalized spacial score (nSPS) is 12.7. The van der Waals surface area contributed by atoms with Gasteiger partial charge in [-0.1, -0.05) is 178 Å². The van der Waals surface area contributed by atoms with E-state index in [1.807, 2.05) is 42.6 Å². The zero-order valence-electron chi connectivity index (χ0n) is 30.7. The Balaban J connectivity index is 0.972. The van der Waals surface area contributed by atoms with Gasteiger partial charge in [-0.15, -0.1) is 0 Å². The summed E-state index contributed by atoms with van der Waals surface area (Å²) in [6, 6.07) is 64.6. The fourth-order valence-electron chi connectivity index (χ4n) is 8.37. The predicted molar refractivity (Wildman–Crippen MR) is 228 cm³/mol. The number of benzene rings is 7. The van der Waals surface area contributed by atoms with Gasteiger partial charge in [0.05, 0.1) is 17.1 Å². The second-order valence-electron chi connectivity index (χ2n) is 14.8. The van der Waals surface area contributed by atoms with Crippen LogP contribution in [-0.2, 0) is 5.41 Å². The topological polar surface area (TPSA) is 38.7 Å². The van der Waals surface area contributed by atoms with Gasteiger partial charge in [-0.3, -0.25) is 4.98 Å². The van der Waals surface area contributed by atoms with Crippen LogP contribution in [0.4, 0.5) is 0 Å². The van der Waals surface area contributed by atoms with Crippen LogP contribution in [0.15, 0.2) is 188 Å². The van der Waals surface area contributed by atoms with Gasteiger partial charge in [0.15, 0.2) is 5.82 Å². The van der Waals surface area contributed by atoms with E-state index in [1.165, 1.54) is 49.7 Å². The molecule has 9 aromatic rings. The van der Waals surface area contributed by atoms with Crippen LogP contribution in [0.3, 0.4) is 0 Å². The summed E-state index contributed by atoms with van der Waals surface area (Å²) < 4.78 is 0. The zero-order valence-corrected chi connectivity index (χ0v) is 30.7. The minimum absolute atomic E-state index is 0.0831. The highest BCUT2D eigenvalue weighted by Crippen LogP contribution is 2.54. The highest BCUT2D eigenvalue weighted by molar-refractivity contribution is 6.01. The van der Waals surface area contributed by atoms with Gasteiger partial charge in [-0.25, -0.2) is 9.97 Å². The molecule has 0 unspecified atom stereocenters. The minimum atomic E-state index is -0.0831. The van der Waals surface area contributed by atoms with E-state index in [0.29, 0.717) is 5.82 Å². The van der Waals surface area contributed by atoms with E-state index < -0.39 is 0 Å². The van der Waals surface area contributed by atoms with Crippen molar-refractivity contribution in [2.75, 3.05) is 0 Å². The Hall–Kier alpha value is -6.97. The molecule has 0 atom stereocenters. The fourth-order valence-corrected chi connectivity index (χ4v) is 8.37. The number of pyridine rings is 1. The van der Waals surface area contributed by atoms with Gasteiger partial charge >= 0.3 is 0 Å². The molecular weight excluding hydrogens is 667 g/mol. The van der Waals surface area contributed by atoms with Gasteiger partial charge in [-0.05, 0) is 73.5 Å². The molecule has 1 aliphatic carbocycles. The van der Waals surface area contributed by atoms with Gasteiger partial charge in [0, 0.05) is 33.9 Å². The molecule has 0 radical (unpaired) electrons. The second-order valence-corrected chi connectivity index (χ2v) is 14.8. The molecule has 0 saturated heterocycles. The quantitative estimate of drug-likeness (QED) is 0.173. The van der Waals surface area contributed by atoms with Crippen molar-refractivity contribution in [3.63, 3.8) is 0 Å². The molecule has 0 fully saturated rings. The molecule has 1 aliphatic rings. The number of hydrogen-bond acceptors (Lipinski definition) is 3. The highest BCUT2D eigenvalue weighted by atomic mass is 14.9. The zero-order chi connectivity index (χ0) is 36.9. The van der Waals surface area contributed by atoms with Crippen LogP contribution in [0, 0.1) is 0 Å². The molecule has 3 nitrogen and oxygen atoms in total. The summed E-state index contributed by atoms with van der Waals surface area (Å²) in [5.74, 6) is 0.702. The minimum Gasteiger partial charge on any atom is -0.256 e. The number of fused-ring (bicyclic) bond motifs is 5. The van der Waals surface area contributed by atoms with Crippen molar-refractivity contribution in [1.82, 2.24) is 15.0 Å². The third kappa shape index (κ3) is 5.73. The number of rotatable bonds is 6. The summed E-state index contributed by atoms with van der Waals surface area (Å²) in [7, 11) is 0. The number of nitrogens with zero attached hydrogens (tertiary/aromatic N) is 3. The molecule has 7 aromatic carbocycles. The summed E-state index contributed by atoms with van der Waals surface area (Å²) >= 11 is 0. The molecule has 10 rings (SSSR count). The molecule has 55 heavy (non-hydrogen) atoms. The van der Waals surface area contributed by atoms with Crippen molar-refractivity contribution < 1.29 is 0 Å². The summed E-state index contributed by atoms with van der Waals surface area (Å²) in [5.41, 5.74) is 17.1. The lowest BCUT2D eigenvalue weighted by Crippen LogP contribution is -2.15. The smallest absolute Gasteiger partial charge is 0.160 e. The van der Waals surface area contributed by atoms with Crippen LogP contribution in [0.5, 0.6) is 0 Å². The lowest BCUT2D eigenvalue weighted by atomic mass is 9.80. The average molecular weight is 704 g/mol. The van der Waals surface area contributed by atoms with E-state index in [9.17, 15) is 0 Å². The highest BCUT2D eigenvalue weighted by Gasteiger charge is 2.38. The maximum Gasteiger partial charge on any atom is 0.160 e. The molecule has 260 valence electrons. The van der Waals surface area contributed by atoms with Crippen LogP contribution in [0.1, 0.15) is 25.0 Å². The summed E-state index contributed by atoms with van der Waals surface area (Å²) in [5, 5.41) is 2.64. The largest absolute Gasteiger partial charge is 0.256 e. The lowest BCUT2D eigenvalue weighted by molar-refractivity contribution is 0.666. The molecule has 0 bridgehead atoms. The first-order valence-electron chi connectivity index (χ1n) is 18.8. The summed E-state index contributed by atoms with van der Waals surface area (Å²) in [4.78, 5) is 14.6. The van der Waals surface area contributed by atoms with Crippen LogP contribution < -0.4 is 0 Å². The third-order valence-corrected chi connectivity index (χ3v) is 11.2. The Bertz CT molecular complexity index is 2840. The first kappa shape index (κ1) is 32.7. The monoisotopic (exact) mass is 703 g/mol.